The average Bonchev–Trinajstić information content (AvgIpc) is 2.39. The van der Waals surface area contributed by atoms with Gasteiger partial charge in [0.2, 0.25) is 0 Å². The Kier molecular flexibility index (Phi) is 5.61. The molecule has 0 aliphatic heterocycles. The lowest BCUT2D eigenvalue weighted by molar-refractivity contribution is 0.418. The molecule has 0 aliphatic carbocycles. The first-order chi connectivity index (χ1) is 8.90. The number of allylic oxidation sites excluding steroid dienone is 1. The Balaban J connectivity index is 2.77. The van der Waals surface area contributed by atoms with Crippen molar-refractivity contribution in [3.63, 3.8) is 0 Å². The summed E-state index contributed by atoms with van der Waals surface area (Å²) in [6.45, 7) is 12.1. The molecule has 0 amide bonds. The molecule has 0 atom stereocenters. The Morgan fingerprint density at radius 1 is 1.11 bits per heavy atom. The van der Waals surface area contributed by atoms with Crippen LogP contribution in [0.5, 0.6) is 0 Å². The Labute approximate surface area is 118 Å². The summed E-state index contributed by atoms with van der Waals surface area (Å²) >= 11 is 0. The summed E-state index contributed by atoms with van der Waals surface area (Å²) in [7, 11) is 0. The van der Waals surface area contributed by atoms with Crippen LogP contribution in [0.4, 0.5) is 5.69 Å². The third kappa shape index (κ3) is 4.39. The molecule has 3 N–H and O–H groups in total. The molecule has 1 aromatic carbocycles. The quantitative estimate of drug-likeness (QED) is 0.593. The lowest BCUT2D eigenvalue weighted by atomic mass is 9.93. The predicted octanol–water partition coefficient (Wildman–Crippen LogP) is 4.23. The van der Waals surface area contributed by atoms with Gasteiger partial charge >= 0.3 is 0 Å². The summed E-state index contributed by atoms with van der Waals surface area (Å²) in [6, 6.07) is 8.13. The molecule has 0 fully saturated rings. The van der Waals surface area contributed by atoms with Crippen LogP contribution < -0.4 is 11.1 Å². The van der Waals surface area contributed by atoms with E-state index in [9.17, 15) is 0 Å². The highest BCUT2D eigenvalue weighted by molar-refractivity contribution is 5.41. The van der Waals surface area contributed by atoms with E-state index in [1.54, 1.807) is 0 Å². The first kappa shape index (κ1) is 15.8. The minimum absolute atomic E-state index is 0.0395. The number of anilines is 1. The SMILES string of the molecule is CC/C(C)=C(\CC)CNC(C)(C)c1ccc(N)cc1. The summed E-state index contributed by atoms with van der Waals surface area (Å²) in [6.07, 6.45) is 2.25. The van der Waals surface area contributed by atoms with Crippen molar-refractivity contribution in [1.82, 2.24) is 5.32 Å². The van der Waals surface area contributed by atoms with E-state index in [1.807, 2.05) is 12.1 Å². The first-order valence-electron chi connectivity index (χ1n) is 7.19. The number of rotatable bonds is 6. The van der Waals surface area contributed by atoms with Gasteiger partial charge in [0.15, 0.2) is 0 Å². The van der Waals surface area contributed by atoms with E-state index < -0.39 is 0 Å². The fourth-order valence-corrected chi connectivity index (χ4v) is 2.16. The fourth-order valence-electron chi connectivity index (χ4n) is 2.16. The van der Waals surface area contributed by atoms with Gasteiger partial charge in [-0.25, -0.2) is 0 Å². The smallest absolute Gasteiger partial charge is 0.0380 e. The van der Waals surface area contributed by atoms with E-state index in [4.69, 9.17) is 5.73 Å². The minimum atomic E-state index is -0.0395. The topological polar surface area (TPSA) is 38.0 Å². The molecule has 19 heavy (non-hydrogen) atoms. The summed E-state index contributed by atoms with van der Waals surface area (Å²) in [5.74, 6) is 0. The molecule has 0 unspecified atom stereocenters. The van der Waals surface area contributed by atoms with Gasteiger partial charge in [0, 0.05) is 17.8 Å². The summed E-state index contributed by atoms with van der Waals surface area (Å²) < 4.78 is 0. The number of nitrogens with one attached hydrogen (secondary N) is 1. The molecule has 0 heterocycles. The molecule has 106 valence electrons. The van der Waals surface area contributed by atoms with Crippen molar-refractivity contribution in [3.05, 3.63) is 41.0 Å². The third-order valence-electron chi connectivity index (χ3n) is 3.94. The van der Waals surface area contributed by atoms with Crippen molar-refractivity contribution in [2.45, 2.75) is 53.0 Å². The molecule has 2 heteroatoms. The molecule has 0 aliphatic rings. The normalized spacial score (nSPS) is 13.3. The van der Waals surface area contributed by atoms with Gasteiger partial charge in [-0.2, -0.15) is 0 Å². The fraction of sp³-hybridized carbons (Fsp3) is 0.529. The van der Waals surface area contributed by atoms with Crippen LogP contribution >= 0.6 is 0 Å². The first-order valence-corrected chi connectivity index (χ1v) is 7.19. The van der Waals surface area contributed by atoms with Crippen LogP contribution in [0.15, 0.2) is 35.4 Å². The van der Waals surface area contributed by atoms with Crippen molar-refractivity contribution in [1.29, 1.82) is 0 Å². The van der Waals surface area contributed by atoms with Crippen molar-refractivity contribution >= 4 is 5.69 Å². The zero-order chi connectivity index (χ0) is 14.5. The van der Waals surface area contributed by atoms with Crippen LogP contribution in [0.25, 0.3) is 0 Å². The van der Waals surface area contributed by atoms with Gasteiger partial charge in [0.05, 0.1) is 0 Å². The molecule has 0 saturated heterocycles. The molecule has 0 bridgehead atoms. The second-order valence-corrected chi connectivity index (χ2v) is 5.69. The molecule has 0 spiro atoms. The van der Waals surface area contributed by atoms with Crippen molar-refractivity contribution in [2.24, 2.45) is 0 Å². The molecular formula is C17H28N2. The van der Waals surface area contributed by atoms with Crippen LogP contribution in [-0.2, 0) is 5.54 Å². The Bertz CT molecular complexity index is 427. The average molecular weight is 260 g/mol. The highest BCUT2D eigenvalue weighted by Crippen LogP contribution is 2.22. The van der Waals surface area contributed by atoms with Gasteiger partial charge in [-0.05, 0) is 51.3 Å². The summed E-state index contributed by atoms with van der Waals surface area (Å²) in [5, 5.41) is 3.66. The Hall–Kier alpha value is -1.28. The summed E-state index contributed by atoms with van der Waals surface area (Å²) in [5.41, 5.74) is 10.8. The van der Waals surface area contributed by atoms with Crippen molar-refractivity contribution < 1.29 is 0 Å². The summed E-state index contributed by atoms with van der Waals surface area (Å²) in [4.78, 5) is 0. The van der Waals surface area contributed by atoms with Gasteiger partial charge in [-0.1, -0.05) is 37.1 Å². The number of hydrogen-bond acceptors (Lipinski definition) is 2. The van der Waals surface area contributed by atoms with Crippen molar-refractivity contribution in [2.75, 3.05) is 12.3 Å². The van der Waals surface area contributed by atoms with E-state index in [-0.39, 0.29) is 5.54 Å². The van der Waals surface area contributed by atoms with Crippen LogP contribution in [0, 0.1) is 0 Å². The van der Waals surface area contributed by atoms with Gasteiger partial charge in [0.25, 0.3) is 0 Å². The van der Waals surface area contributed by atoms with Crippen molar-refractivity contribution in [3.8, 4) is 0 Å². The molecular weight excluding hydrogens is 232 g/mol. The van der Waals surface area contributed by atoms with Crippen LogP contribution in [0.3, 0.4) is 0 Å². The van der Waals surface area contributed by atoms with Gasteiger partial charge in [-0.3, -0.25) is 0 Å². The van der Waals surface area contributed by atoms with E-state index in [0.717, 1.165) is 25.1 Å². The number of benzene rings is 1. The van der Waals surface area contributed by atoms with Crippen LogP contribution in [0.2, 0.25) is 0 Å². The monoisotopic (exact) mass is 260 g/mol. The molecule has 2 nitrogen and oxygen atoms in total. The van der Waals surface area contributed by atoms with Gasteiger partial charge in [0.1, 0.15) is 0 Å². The van der Waals surface area contributed by atoms with E-state index >= 15 is 0 Å². The molecule has 1 rings (SSSR count). The van der Waals surface area contributed by atoms with E-state index in [1.165, 1.54) is 16.7 Å². The molecule has 0 aromatic heterocycles. The molecule has 1 aromatic rings. The lowest BCUT2D eigenvalue weighted by Crippen LogP contribution is -2.37. The number of nitrogen functional groups attached to an aromatic ring is 1. The van der Waals surface area contributed by atoms with E-state index in [0.29, 0.717) is 0 Å². The van der Waals surface area contributed by atoms with Crippen LogP contribution in [-0.4, -0.2) is 6.54 Å². The maximum absolute atomic E-state index is 5.74. The third-order valence-corrected chi connectivity index (χ3v) is 3.94. The van der Waals surface area contributed by atoms with Crippen LogP contribution in [0.1, 0.15) is 53.0 Å². The predicted molar refractivity (Wildman–Crippen MR) is 85.2 cm³/mol. The minimum Gasteiger partial charge on any atom is -0.399 e. The number of nitrogens with two attached hydrogens (primary N) is 1. The lowest BCUT2D eigenvalue weighted by Gasteiger charge is -2.28. The second kappa shape index (κ2) is 6.76. The second-order valence-electron chi connectivity index (χ2n) is 5.69. The zero-order valence-corrected chi connectivity index (χ0v) is 13.0. The highest BCUT2D eigenvalue weighted by atomic mass is 15.0. The highest BCUT2D eigenvalue weighted by Gasteiger charge is 2.19. The maximum atomic E-state index is 5.74. The standard InChI is InChI=1S/C17H28N2/c1-6-13(3)14(7-2)12-19-17(4,5)15-8-10-16(18)11-9-15/h8-11,19H,6-7,12,18H2,1-5H3/b14-13+. The molecule has 0 radical (unpaired) electrons. The van der Waals surface area contributed by atoms with Gasteiger partial charge < -0.3 is 11.1 Å². The van der Waals surface area contributed by atoms with Gasteiger partial charge in [-0.15, -0.1) is 0 Å². The zero-order valence-electron chi connectivity index (χ0n) is 13.0. The Morgan fingerprint density at radius 2 is 1.68 bits per heavy atom. The maximum Gasteiger partial charge on any atom is 0.0380 e. The van der Waals surface area contributed by atoms with E-state index in [2.05, 4.69) is 52.1 Å². The Morgan fingerprint density at radius 3 is 2.16 bits per heavy atom. The largest absolute Gasteiger partial charge is 0.399 e. The number of hydrogen-bond donors (Lipinski definition) is 2. The molecule has 0 saturated carbocycles.